The Morgan fingerprint density at radius 2 is 2.02 bits per heavy atom. The molecule has 3 aromatic rings. The zero-order valence-corrected chi connectivity index (χ0v) is 32.2. The summed E-state index contributed by atoms with van der Waals surface area (Å²) < 4.78 is 39.8. The van der Waals surface area contributed by atoms with E-state index in [9.17, 15) is 13.8 Å². The van der Waals surface area contributed by atoms with Gasteiger partial charge in [-0.2, -0.15) is 9.84 Å². The Labute approximate surface area is 315 Å². The SMILES string of the molecule is CO[C@@H](/C=C/C[C@H](C)[C@H]1NN(C(=O)c2cc3n(c2)CCOC3)S1(=O)=NC(=O)c1ccc2c(c1)N(C)Cc1ccc(Cl)cc1CCSCO2)C1CCC1. The number of rotatable bonds is 8. The number of hydrazine groups is 1. The summed E-state index contributed by atoms with van der Waals surface area (Å²) in [4.78, 5) is 30.0. The second kappa shape index (κ2) is 16.0. The molecule has 0 radical (unpaired) electrons. The van der Waals surface area contributed by atoms with Crippen molar-refractivity contribution in [1.29, 1.82) is 0 Å². The van der Waals surface area contributed by atoms with Crippen molar-refractivity contribution in [3.63, 3.8) is 0 Å². The summed E-state index contributed by atoms with van der Waals surface area (Å²) in [6, 6.07) is 12.8. The Hall–Kier alpha value is -3.33. The number of hydrogen-bond donors (Lipinski definition) is 1. The van der Waals surface area contributed by atoms with Crippen LogP contribution in [0.25, 0.3) is 0 Å². The monoisotopic (exact) mass is 767 g/mol. The van der Waals surface area contributed by atoms with Gasteiger partial charge in [0, 0.05) is 55.5 Å². The van der Waals surface area contributed by atoms with Crippen molar-refractivity contribution >= 4 is 50.8 Å². The molecule has 4 aliphatic rings. The number of nitrogens with zero attached hydrogens (tertiary/aromatic N) is 4. The average Bonchev–Trinajstić information content (AvgIpc) is 3.54. The Bertz CT molecular complexity index is 1950. The Morgan fingerprint density at radius 3 is 2.79 bits per heavy atom. The molecule has 1 aliphatic carbocycles. The minimum absolute atomic E-state index is 0.0383. The van der Waals surface area contributed by atoms with Crippen molar-refractivity contribution in [3.05, 3.63) is 93.8 Å². The van der Waals surface area contributed by atoms with Gasteiger partial charge in [-0.25, -0.2) is 4.21 Å². The van der Waals surface area contributed by atoms with Crippen LogP contribution in [0.1, 0.15) is 70.1 Å². The molecular formula is C38H46ClN5O6S2. The molecule has 2 fully saturated rings. The third kappa shape index (κ3) is 7.67. The number of hydrogen-bond acceptors (Lipinski definition) is 9. The first-order chi connectivity index (χ1) is 25.1. The Balaban J connectivity index is 1.18. The highest BCUT2D eigenvalue weighted by atomic mass is 35.5. The van der Waals surface area contributed by atoms with Gasteiger partial charge in [0.15, 0.2) is 9.92 Å². The standard InChI is InChI=1S/C38H46ClN5O6S2/c1-25(6-4-9-34(48-3)26-7-5-8-26)37-40-44(38(46)30-19-32-23-49-16-15-43(32)22-30)52(37,47)41-36(45)28-11-13-35-33(20-28)42(2)21-29-10-12-31(39)18-27(29)14-17-51-24-50-35/h4,9-13,18-20,22,25-26,34,37,40H,5-8,14-17,21,23-24H2,1-3H3/b9-4+/t25-,34-,37-,52?/m0/s1. The molecule has 14 heteroatoms. The first-order valence-corrected chi connectivity index (χ1v) is 20.9. The van der Waals surface area contributed by atoms with Crippen LogP contribution in [-0.2, 0) is 45.5 Å². The third-order valence-corrected chi connectivity index (χ3v) is 13.9. The summed E-state index contributed by atoms with van der Waals surface area (Å²) in [5.41, 5.74) is 7.61. The maximum absolute atomic E-state index is 15.0. The first kappa shape index (κ1) is 37.0. The molecule has 1 saturated heterocycles. The van der Waals surface area contributed by atoms with Crippen LogP contribution in [0, 0.1) is 11.8 Å². The predicted octanol–water partition coefficient (Wildman–Crippen LogP) is 6.84. The molecule has 4 heterocycles. The molecule has 1 unspecified atom stereocenters. The van der Waals surface area contributed by atoms with Crippen molar-refractivity contribution in [1.82, 2.24) is 14.4 Å². The van der Waals surface area contributed by atoms with Crippen LogP contribution >= 0.6 is 23.4 Å². The molecule has 1 aromatic heterocycles. The first-order valence-electron chi connectivity index (χ1n) is 17.8. The number of benzene rings is 2. The fourth-order valence-corrected chi connectivity index (χ4v) is 10.2. The summed E-state index contributed by atoms with van der Waals surface area (Å²) >= 11 is 8.02. The Morgan fingerprint density at radius 1 is 1.17 bits per heavy atom. The minimum Gasteiger partial charge on any atom is -0.481 e. The number of thioether (sulfide) groups is 1. The van der Waals surface area contributed by atoms with Crippen LogP contribution in [0.4, 0.5) is 5.69 Å². The van der Waals surface area contributed by atoms with E-state index in [0.29, 0.717) is 66.6 Å². The van der Waals surface area contributed by atoms with Gasteiger partial charge >= 0.3 is 0 Å². The number of nitrogens with one attached hydrogen (secondary N) is 1. The topological polar surface area (TPSA) is 115 Å². The average molecular weight is 768 g/mol. The van der Waals surface area contributed by atoms with Crippen LogP contribution in [-0.4, -0.2) is 68.9 Å². The summed E-state index contributed by atoms with van der Waals surface area (Å²) in [6.45, 7) is 4.09. The number of aromatic nitrogens is 1. The van der Waals surface area contributed by atoms with Gasteiger partial charge in [-0.15, -0.1) is 16.1 Å². The van der Waals surface area contributed by atoms with E-state index in [1.807, 2.05) is 41.6 Å². The number of halogens is 1. The smallest absolute Gasteiger partial charge is 0.286 e. The van der Waals surface area contributed by atoms with Gasteiger partial charge in [0.2, 0.25) is 0 Å². The van der Waals surface area contributed by atoms with Gasteiger partial charge in [-0.05, 0) is 85.0 Å². The largest absolute Gasteiger partial charge is 0.481 e. The molecule has 0 spiro atoms. The summed E-state index contributed by atoms with van der Waals surface area (Å²) in [6.07, 6.45) is 10.9. The van der Waals surface area contributed by atoms with Gasteiger partial charge < -0.3 is 23.7 Å². The van der Waals surface area contributed by atoms with Gasteiger partial charge in [-0.3, -0.25) is 9.59 Å². The zero-order chi connectivity index (χ0) is 36.4. The second-order valence-electron chi connectivity index (χ2n) is 14.0. The highest BCUT2D eigenvalue weighted by Gasteiger charge is 2.49. The number of anilines is 1. The lowest BCUT2D eigenvalue weighted by molar-refractivity contribution is 0.0534. The lowest BCUT2D eigenvalue weighted by Crippen LogP contribution is -2.69. The number of amides is 2. The van der Waals surface area contributed by atoms with E-state index in [1.54, 1.807) is 49.3 Å². The number of carbonyl (C=O) groups is 2. The van der Waals surface area contributed by atoms with E-state index in [4.69, 9.17) is 25.8 Å². The summed E-state index contributed by atoms with van der Waals surface area (Å²) in [5.74, 6) is 1.09. The van der Waals surface area contributed by atoms with Gasteiger partial charge in [0.05, 0.1) is 30.6 Å². The molecule has 11 nitrogen and oxygen atoms in total. The van der Waals surface area contributed by atoms with Crippen LogP contribution in [0.2, 0.25) is 5.02 Å². The Kier molecular flexibility index (Phi) is 11.4. The van der Waals surface area contributed by atoms with E-state index in [2.05, 4.69) is 21.9 Å². The molecule has 3 aliphatic heterocycles. The van der Waals surface area contributed by atoms with Crippen LogP contribution in [0.5, 0.6) is 5.75 Å². The molecule has 7 rings (SSSR count). The minimum atomic E-state index is -3.56. The zero-order valence-electron chi connectivity index (χ0n) is 29.8. The molecule has 0 bridgehead atoms. The van der Waals surface area contributed by atoms with E-state index < -0.39 is 27.1 Å². The molecular weight excluding hydrogens is 722 g/mol. The van der Waals surface area contributed by atoms with E-state index in [-0.39, 0.29) is 17.6 Å². The van der Waals surface area contributed by atoms with E-state index in [0.717, 1.165) is 40.7 Å². The summed E-state index contributed by atoms with van der Waals surface area (Å²) in [5, 5.41) is -0.0382. The van der Waals surface area contributed by atoms with Crippen molar-refractivity contribution in [2.75, 3.05) is 37.4 Å². The number of allylic oxidation sites excluding steroid dienone is 1. The van der Waals surface area contributed by atoms with E-state index >= 15 is 0 Å². The maximum atomic E-state index is 15.0. The fourth-order valence-electron chi connectivity index (χ4n) is 7.14. The predicted molar refractivity (Wildman–Crippen MR) is 205 cm³/mol. The highest BCUT2D eigenvalue weighted by molar-refractivity contribution is 7.99. The van der Waals surface area contributed by atoms with Crippen LogP contribution in [0.15, 0.2) is 65.2 Å². The third-order valence-electron chi connectivity index (χ3n) is 10.4. The lowest BCUT2D eigenvalue weighted by atomic mass is 9.81. The quantitative estimate of drug-likeness (QED) is 0.246. The number of aryl methyl sites for hydroxylation is 1. The molecule has 278 valence electrons. The van der Waals surface area contributed by atoms with Crippen molar-refractivity contribution in [2.24, 2.45) is 16.2 Å². The highest BCUT2D eigenvalue weighted by Crippen LogP contribution is 2.36. The van der Waals surface area contributed by atoms with Crippen LogP contribution in [0.3, 0.4) is 0 Å². The van der Waals surface area contributed by atoms with Crippen molar-refractivity contribution in [2.45, 2.75) is 70.2 Å². The molecule has 52 heavy (non-hydrogen) atoms. The lowest BCUT2D eigenvalue weighted by Gasteiger charge is -2.45. The van der Waals surface area contributed by atoms with Crippen LogP contribution < -0.4 is 15.1 Å². The number of fused-ring (bicyclic) bond motifs is 3. The second-order valence-corrected chi connectivity index (χ2v) is 17.6. The maximum Gasteiger partial charge on any atom is 0.286 e. The molecule has 2 amide bonds. The van der Waals surface area contributed by atoms with Crippen molar-refractivity contribution < 1.29 is 28.0 Å². The van der Waals surface area contributed by atoms with E-state index in [1.165, 1.54) is 12.0 Å². The molecule has 4 atom stereocenters. The normalized spacial score (nSPS) is 23.2. The van der Waals surface area contributed by atoms with Gasteiger partial charge in [-0.1, -0.05) is 43.2 Å². The number of carbonyl (C=O) groups excluding carboxylic acids is 2. The molecule has 1 N–H and O–H groups in total. The summed E-state index contributed by atoms with van der Waals surface area (Å²) in [7, 11) is 0.113. The molecule has 1 saturated carbocycles. The number of methoxy groups -OCH3 is 1. The number of ether oxygens (including phenoxy) is 3. The van der Waals surface area contributed by atoms with Gasteiger partial charge in [0.25, 0.3) is 11.8 Å². The van der Waals surface area contributed by atoms with Crippen molar-refractivity contribution in [3.8, 4) is 5.75 Å². The van der Waals surface area contributed by atoms with Gasteiger partial charge in [0.1, 0.15) is 17.1 Å². The molecule has 2 aromatic carbocycles. The fraction of sp³-hybridized carbons (Fsp3) is 0.474.